The van der Waals surface area contributed by atoms with E-state index >= 15 is 0 Å². The molecule has 2 aromatic carbocycles. The summed E-state index contributed by atoms with van der Waals surface area (Å²) >= 11 is 11.9. The Morgan fingerprint density at radius 2 is 1.65 bits per heavy atom. The highest BCUT2D eigenvalue weighted by atomic mass is 35.5. The van der Waals surface area contributed by atoms with Crippen molar-refractivity contribution in [1.82, 2.24) is 0 Å². The highest BCUT2D eigenvalue weighted by molar-refractivity contribution is 6.35. The fourth-order valence-corrected chi connectivity index (χ4v) is 2.60. The third-order valence-electron chi connectivity index (χ3n) is 3.25. The van der Waals surface area contributed by atoms with Crippen molar-refractivity contribution in [2.24, 2.45) is 0 Å². The number of rotatable bonds is 3. The maximum atomic E-state index is 12.6. The lowest BCUT2D eigenvalue weighted by atomic mass is 9.97. The molecule has 0 atom stereocenters. The third-order valence-corrected chi connectivity index (χ3v) is 3.69. The van der Waals surface area contributed by atoms with Crippen LogP contribution in [0.4, 0.5) is 0 Å². The van der Waals surface area contributed by atoms with Gasteiger partial charge in [-0.3, -0.25) is 4.79 Å². The fraction of sp³-hybridized carbons (Fsp3) is 0.188. The first-order chi connectivity index (χ1) is 9.43. The van der Waals surface area contributed by atoms with E-state index in [2.05, 4.69) is 0 Å². The van der Waals surface area contributed by atoms with Gasteiger partial charge < -0.3 is 4.74 Å². The molecule has 0 aromatic heterocycles. The summed E-state index contributed by atoms with van der Waals surface area (Å²) in [6.07, 6.45) is 0. The van der Waals surface area contributed by atoms with Crippen LogP contribution in [0.1, 0.15) is 27.0 Å². The molecule has 0 saturated carbocycles. The summed E-state index contributed by atoms with van der Waals surface area (Å²) in [7, 11) is 1.56. The molecule has 20 heavy (non-hydrogen) atoms. The summed E-state index contributed by atoms with van der Waals surface area (Å²) in [6, 6.07) is 8.46. The summed E-state index contributed by atoms with van der Waals surface area (Å²) in [5, 5.41) is 0.868. The van der Waals surface area contributed by atoms with Crippen LogP contribution in [0, 0.1) is 13.8 Å². The summed E-state index contributed by atoms with van der Waals surface area (Å²) in [4.78, 5) is 12.6. The molecular weight excluding hydrogens is 295 g/mol. The molecule has 2 rings (SSSR count). The molecule has 0 radical (unpaired) electrons. The summed E-state index contributed by atoms with van der Waals surface area (Å²) < 4.78 is 5.37. The van der Waals surface area contributed by atoms with Crippen LogP contribution >= 0.6 is 23.2 Å². The second kappa shape index (κ2) is 5.86. The molecule has 2 nitrogen and oxygen atoms in total. The Balaban J connectivity index is 2.56. The summed E-state index contributed by atoms with van der Waals surface area (Å²) in [5.74, 6) is 0.431. The zero-order valence-electron chi connectivity index (χ0n) is 11.5. The van der Waals surface area contributed by atoms with Crippen molar-refractivity contribution in [3.05, 3.63) is 62.6 Å². The highest BCUT2D eigenvalue weighted by Gasteiger charge is 2.18. The molecule has 0 heterocycles. The van der Waals surface area contributed by atoms with E-state index in [0.29, 0.717) is 26.9 Å². The van der Waals surface area contributed by atoms with Gasteiger partial charge in [-0.2, -0.15) is 0 Å². The van der Waals surface area contributed by atoms with Gasteiger partial charge in [0.25, 0.3) is 0 Å². The number of ketones is 1. The molecular formula is C16H14Cl2O2. The number of ether oxygens (including phenoxy) is 1. The summed E-state index contributed by atoms with van der Waals surface area (Å²) in [6.45, 7) is 3.90. The maximum Gasteiger partial charge on any atom is 0.196 e. The Labute approximate surface area is 128 Å². The zero-order valence-corrected chi connectivity index (χ0v) is 13.0. The van der Waals surface area contributed by atoms with Gasteiger partial charge in [-0.1, -0.05) is 29.3 Å². The number of hydrogen-bond donors (Lipinski definition) is 0. The lowest BCUT2D eigenvalue weighted by Gasteiger charge is -2.13. The van der Waals surface area contributed by atoms with E-state index in [0.717, 1.165) is 11.1 Å². The van der Waals surface area contributed by atoms with Crippen LogP contribution in [0.2, 0.25) is 10.0 Å². The van der Waals surface area contributed by atoms with E-state index in [-0.39, 0.29) is 5.78 Å². The van der Waals surface area contributed by atoms with E-state index in [1.54, 1.807) is 31.4 Å². The van der Waals surface area contributed by atoms with Crippen molar-refractivity contribution in [1.29, 1.82) is 0 Å². The number of benzene rings is 2. The van der Waals surface area contributed by atoms with Crippen molar-refractivity contribution in [3.63, 3.8) is 0 Å². The monoisotopic (exact) mass is 308 g/mol. The van der Waals surface area contributed by atoms with E-state index in [1.807, 2.05) is 19.9 Å². The SMILES string of the molecule is COc1c(C(=O)c2cc(Cl)cc(Cl)c2)ccc(C)c1C. The molecule has 0 spiro atoms. The molecule has 0 fully saturated rings. The van der Waals surface area contributed by atoms with E-state index < -0.39 is 0 Å². The Bertz CT molecular complexity index is 658. The van der Waals surface area contributed by atoms with Crippen molar-refractivity contribution in [2.45, 2.75) is 13.8 Å². The Morgan fingerprint density at radius 1 is 1.05 bits per heavy atom. The minimum Gasteiger partial charge on any atom is -0.496 e. The number of methoxy groups -OCH3 is 1. The van der Waals surface area contributed by atoms with Gasteiger partial charge >= 0.3 is 0 Å². The van der Waals surface area contributed by atoms with Crippen molar-refractivity contribution < 1.29 is 9.53 Å². The first-order valence-electron chi connectivity index (χ1n) is 6.09. The predicted molar refractivity (Wildman–Crippen MR) is 82.4 cm³/mol. The van der Waals surface area contributed by atoms with E-state index in [1.165, 1.54) is 0 Å². The van der Waals surface area contributed by atoms with Gasteiger partial charge in [0, 0.05) is 15.6 Å². The van der Waals surface area contributed by atoms with Gasteiger partial charge in [-0.15, -0.1) is 0 Å². The maximum absolute atomic E-state index is 12.6. The molecule has 104 valence electrons. The van der Waals surface area contributed by atoms with Crippen molar-refractivity contribution in [2.75, 3.05) is 7.11 Å². The van der Waals surface area contributed by atoms with Crippen LogP contribution in [-0.2, 0) is 0 Å². The van der Waals surface area contributed by atoms with Gasteiger partial charge in [0.15, 0.2) is 5.78 Å². The fourth-order valence-electron chi connectivity index (χ4n) is 2.07. The summed E-state index contributed by atoms with van der Waals surface area (Å²) in [5.41, 5.74) is 2.98. The number of aryl methyl sites for hydroxylation is 1. The van der Waals surface area contributed by atoms with Crippen LogP contribution in [0.5, 0.6) is 5.75 Å². The van der Waals surface area contributed by atoms with Gasteiger partial charge in [-0.05, 0) is 49.2 Å². The van der Waals surface area contributed by atoms with Gasteiger partial charge in [0.2, 0.25) is 0 Å². The number of carbonyl (C=O) groups is 1. The molecule has 0 saturated heterocycles. The lowest BCUT2D eigenvalue weighted by molar-refractivity contribution is 0.103. The van der Waals surface area contributed by atoms with Crippen LogP contribution in [0.15, 0.2) is 30.3 Å². The number of carbonyl (C=O) groups excluding carboxylic acids is 1. The van der Waals surface area contributed by atoms with Crippen molar-refractivity contribution in [3.8, 4) is 5.75 Å². The Morgan fingerprint density at radius 3 is 2.20 bits per heavy atom. The quantitative estimate of drug-likeness (QED) is 0.758. The molecule has 0 bridgehead atoms. The van der Waals surface area contributed by atoms with Crippen LogP contribution in [0.3, 0.4) is 0 Å². The highest BCUT2D eigenvalue weighted by Crippen LogP contribution is 2.29. The van der Waals surface area contributed by atoms with E-state index in [4.69, 9.17) is 27.9 Å². The molecule has 0 N–H and O–H groups in total. The number of halogens is 2. The molecule has 4 heteroatoms. The van der Waals surface area contributed by atoms with Crippen LogP contribution in [0.25, 0.3) is 0 Å². The first kappa shape index (κ1) is 14.9. The average Bonchev–Trinajstić information content (AvgIpc) is 2.39. The molecule has 0 amide bonds. The van der Waals surface area contributed by atoms with Gasteiger partial charge in [0.05, 0.1) is 12.7 Å². The smallest absolute Gasteiger partial charge is 0.196 e. The molecule has 0 aliphatic rings. The third kappa shape index (κ3) is 2.82. The van der Waals surface area contributed by atoms with Gasteiger partial charge in [-0.25, -0.2) is 0 Å². The normalized spacial score (nSPS) is 10.4. The molecule has 0 aliphatic carbocycles. The predicted octanol–water partition coefficient (Wildman–Crippen LogP) is 4.85. The molecule has 0 unspecified atom stereocenters. The molecule has 2 aromatic rings. The largest absolute Gasteiger partial charge is 0.496 e. The van der Waals surface area contributed by atoms with Gasteiger partial charge in [0.1, 0.15) is 5.75 Å². The zero-order chi connectivity index (χ0) is 14.9. The van der Waals surface area contributed by atoms with E-state index in [9.17, 15) is 4.79 Å². The Hall–Kier alpha value is -1.51. The second-order valence-electron chi connectivity index (χ2n) is 4.58. The second-order valence-corrected chi connectivity index (χ2v) is 5.45. The average molecular weight is 309 g/mol. The minimum absolute atomic E-state index is 0.158. The lowest BCUT2D eigenvalue weighted by Crippen LogP contribution is -2.06. The molecule has 0 aliphatic heterocycles. The topological polar surface area (TPSA) is 26.3 Å². The van der Waals surface area contributed by atoms with Crippen LogP contribution < -0.4 is 4.74 Å². The standard InChI is InChI=1S/C16H14Cl2O2/c1-9-4-5-14(16(20-3)10(9)2)15(19)11-6-12(17)8-13(18)7-11/h4-8H,1-3H3. The van der Waals surface area contributed by atoms with Crippen molar-refractivity contribution >= 4 is 29.0 Å². The minimum atomic E-state index is -0.158. The first-order valence-corrected chi connectivity index (χ1v) is 6.84. The Kier molecular flexibility index (Phi) is 4.36. The van der Waals surface area contributed by atoms with Crippen LogP contribution in [-0.4, -0.2) is 12.9 Å². The number of hydrogen-bond acceptors (Lipinski definition) is 2.